The van der Waals surface area contributed by atoms with E-state index in [0.29, 0.717) is 6.61 Å². The highest BCUT2D eigenvalue weighted by Crippen LogP contribution is 2.62. The van der Waals surface area contributed by atoms with Gasteiger partial charge in [0.1, 0.15) is 11.8 Å². The van der Waals surface area contributed by atoms with Crippen molar-refractivity contribution in [3.8, 4) is 0 Å². The molecule has 0 saturated carbocycles. The second-order valence-electron chi connectivity index (χ2n) is 8.45. The largest absolute Gasteiger partial charge is 0.476 e. The number of hydrogen-bond donors (Lipinski definition) is 0. The molecule has 1 fully saturated rings. The van der Waals surface area contributed by atoms with Crippen LogP contribution in [0.1, 0.15) is 31.9 Å². The Bertz CT molecular complexity index is 629. The molecule has 1 aromatic carbocycles. The van der Waals surface area contributed by atoms with Gasteiger partial charge in [0.25, 0.3) is 0 Å². The summed E-state index contributed by atoms with van der Waals surface area (Å²) in [6, 6.07) is 8.75. The molecule has 2 heterocycles. The molecule has 0 unspecified atom stereocenters. The van der Waals surface area contributed by atoms with Crippen LogP contribution in [0.3, 0.4) is 0 Å². The van der Waals surface area contributed by atoms with E-state index in [1.165, 1.54) is 11.1 Å². The van der Waals surface area contributed by atoms with Crippen LogP contribution in [0, 0.1) is 6.92 Å². The topological polar surface area (TPSA) is 34.1 Å². The first-order valence-corrected chi connectivity index (χ1v) is 11.5. The zero-order valence-corrected chi connectivity index (χ0v) is 15.8. The average Bonchev–Trinajstić information content (AvgIpc) is 2.89. The van der Waals surface area contributed by atoms with Crippen molar-refractivity contribution in [2.45, 2.75) is 63.7 Å². The average molecular weight is 318 g/mol. The lowest BCUT2D eigenvalue weighted by Gasteiger charge is -2.29. The Morgan fingerprint density at radius 2 is 1.64 bits per heavy atom. The maximum absolute atomic E-state index is 6.47. The summed E-state index contributed by atoms with van der Waals surface area (Å²) in [6.45, 7) is 16.2. The van der Waals surface area contributed by atoms with Gasteiger partial charge in [-0.1, -0.05) is 49.5 Å². The first-order chi connectivity index (χ1) is 10.0. The van der Waals surface area contributed by atoms with Crippen molar-refractivity contribution in [3.05, 3.63) is 35.4 Å². The molecule has 2 aliphatic rings. The summed E-state index contributed by atoms with van der Waals surface area (Å²) in [5, 5.41) is -0.257. The van der Waals surface area contributed by atoms with E-state index in [1.54, 1.807) is 0 Å². The van der Waals surface area contributed by atoms with Crippen molar-refractivity contribution in [2.24, 2.45) is 4.99 Å². The fourth-order valence-electron chi connectivity index (χ4n) is 3.73. The van der Waals surface area contributed by atoms with Gasteiger partial charge in [0.15, 0.2) is 5.60 Å². The van der Waals surface area contributed by atoms with E-state index in [-0.39, 0.29) is 10.8 Å². The summed E-state index contributed by atoms with van der Waals surface area (Å²) < 4.78 is 12.4. The fourth-order valence-corrected chi connectivity index (χ4v) is 6.81. The second-order valence-corrected chi connectivity index (χ2v) is 13.7. The summed E-state index contributed by atoms with van der Waals surface area (Å²) in [5.74, 6) is 0.778. The molecule has 0 N–H and O–H groups in total. The smallest absolute Gasteiger partial charge is 0.220 e. The lowest BCUT2D eigenvalue weighted by atomic mass is 9.99. The number of nitrogens with zero attached hydrogens (tertiary/aromatic N) is 1. The van der Waals surface area contributed by atoms with Gasteiger partial charge in [-0.2, -0.15) is 0 Å². The monoisotopic (exact) mass is 317 g/mol. The Hall–Kier alpha value is -1.13. The van der Waals surface area contributed by atoms with Crippen LogP contribution in [0.5, 0.6) is 0 Å². The molecule has 1 saturated heterocycles. The summed E-state index contributed by atoms with van der Waals surface area (Å²) in [4.78, 5) is 4.80. The lowest BCUT2D eigenvalue weighted by Crippen LogP contribution is -2.47. The molecular formula is C18H27NO2Si. The van der Waals surface area contributed by atoms with Crippen molar-refractivity contribution in [3.63, 3.8) is 0 Å². The Balaban J connectivity index is 2.07. The SMILES string of the molecule is Cc1ccc([C@@]2([Si](C)(C)C)O[C@]2(C)C2=NC(C)(C)CO2)cc1. The van der Waals surface area contributed by atoms with Gasteiger partial charge in [-0.3, -0.25) is 0 Å². The van der Waals surface area contributed by atoms with Crippen LogP contribution >= 0.6 is 0 Å². The highest BCUT2D eigenvalue weighted by molar-refractivity contribution is 6.80. The van der Waals surface area contributed by atoms with Crippen LogP contribution in [0.25, 0.3) is 0 Å². The molecule has 120 valence electrons. The Morgan fingerprint density at radius 1 is 1.05 bits per heavy atom. The molecule has 4 heteroatoms. The molecule has 2 aliphatic heterocycles. The Labute approximate surface area is 134 Å². The molecule has 2 atom stereocenters. The van der Waals surface area contributed by atoms with E-state index < -0.39 is 13.7 Å². The highest BCUT2D eigenvalue weighted by Gasteiger charge is 2.77. The van der Waals surface area contributed by atoms with Crippen LogP contribution in [-0.4, -0.2) is 31.7 Å². The first-order valence-electron chi connectivity index (χ1n) is 8.02. The van der Waals surface area contributed by atoms with Crippen molar-refractivity contribution >= 4 is 14.0 Å². The van der Waals surface area contributed by atoms with Gasteiger partial charge in [0.2, 0.25) is 5.90 Å². The van der Waals surface area contributed by atoms with Gasteiger partial charge < -0.3 is 9.47 Å². The molecule has 3 rings (SSSR count). The standard InChI is InChI=1S/C18H27NO2Si/c1-13-8-10-14(11-9-13)18(22(5,6)7)17(4,21-18)15-19-16(2,3)12-20-15/h8-11H,12H2,1-7H3/t17-,18+/m1/s1. The van der Waals surface area contributed by atoms with Gasteiger partial charge >= 0.3 is 0 Å². The fraction of sp³-hybridized carbons (Fsp3) is 0.611. The van der Waals surface area contributed by atoms with E-state index >= 15 is 0 Å². The van der Waals surface area contributed by atoms with Gasteiger partial charge in [-0.05, 0) is 33.3 Å². The number of hydrogen-bond acceptors (Lipinski definition) is 3. The predicted molar refractivity (Wildman–Crippen MR) is 93.2 cm³/mol. The molecular weight excluding hydrogens is 290 g/mol. The number of epoxide rings is 1. The number of aryl methyl sites for hydroxylation is 1. The first kappa shape index (κ1) is 15.8. The van der Waals surface area contributed by atoms with E-state index in [4.69, 9.17) is 14.5 Å². The predicted octanol–water partition coefficient (Wildman–Crippen LogP) is 4.06. The summed E-state index contributed by atoms with van der Waals surface area (Å²) in [7, 11) is -1.66. The minimum Gasteiger partial charge on any atom is -0.476 e. The zero-order valence-electron chi connectivity index (χ0n) is 14.8. The van der Waals surface area contributed by atoms with Gasteiger partial charge in [-0.15, -0.1) is 0 Å². The summed E-state index contributed by atoms with van der Waals surface area (Å²) in [5.41, 5.74) is 1.95. The number of aliphatic imine (C=N–C) groups is 1. The van der Waals surface area contributed by atoms with E-state index in [9.17, 15) is 0 Å². The van der Waals surface area contributed by atoms with Crippen molar-refractivity contribution in [1.82, 2.24) is 0 Å². The van der Waals surface area contributed by atoms with E-state index in [1.807, 2.05) is 0 Å². The second kappa shape index (κ2) is 4.45. The molecule has 0 aliphatic carbocycles. The van der Waals surface area contributed by atoms with Crippen LogP contribution in [-0.2, 0) is 14.7 Å². The molecule has 1 aromatic rings. The Morgan fingerprint density at radius 3 is 2.09 bits per heavy atom. The molecule has 0 radical (unpaired) electrons. The Kier molecular flexibility index (Phi) is 3.19. The molecule has 0 aromatic heterocycles. The number of benzene rings is 1. The molecule has 0 amide bonds. The molecule has 0 bridgehead atoms. The van der Waals surface area contributed by atoms with Gasteiger partial charge in [0.05, 0.1) is 13.6 Å². The van der Waals surface area contributed by atoms with Crippen LogP contribution in [0.2, 0.25) is 19.6 Å². The van der Waals surface area contributed by atoms with Crippen LogP contribution in [0.15, 0.2) is 29.3 Å². The number of rotatable bonds is 3. The van der Waals surface area contributed by atoms with Crippen molar-refractivity contribution < 1.29 is 9.47 Å². The van der Waals surface area contributed by atoms with Crippen LogP contribution < -0.4 is 0 Å². The molecule has 3 nitrogen and oxygen atoms in total. The zero-order chi connectivity index (χ0) is 16.4. The summed E-state index contributed by atoms with van der Waals surface area (Å²) in [6.07, 6.45) is 0. The third-order valence-electron chi connectivity index (χ3n) is 4.88. The number of ether oxygens (including phenoxy) is 2. The minimum atomic E-state index is -1.66. The third kappa shape index (κ3) is 2.08. The highest BCUT2D eigenvalue weighted by atomic mass is 28.3. The van der Waals surface area contributed by atoms with Crippen LogP contribution in [0.4, 0.5) is 0 Å². The van der Waals surface area contributed by atoms with E-state index in [0.717, 1.165) is 5.90 Å². The van der Waals surface area contributed by atoms with Crippen molar-refractivity contribution in [1.29, 1.82) is 0 Å². The molecule has 22 heavy (non-hydrogen) atoms. The quantitative estimate of drug-likeness (QED) is 0.622. The minimum absolute atomic E-state index is 0.150. The third-order valence-corrected chi connectivity index (χ3v) is 7.86. The maximum atomic E-state index is 6.47. The molecule has 0 spiro atoms. The van der Waals surface area contributed by atoms with Gasteiger partial charge in [0, 0.05) is 0 Å². The van der Waals surface area contributed by atoms with E-state index in [2.05, 4.69) is 71.6 Å². The summed E-state index contributed by atoms with van der Waals surface area (Å²) >= 11 is 0. The normalized spacial score (nSPS) is 33.3. The van der Waals surface area contributed by atoms with Gasteiger partial charge in [-0.25, -0.2) is 4.99 Å². The maximum Gasteiger partial charge on any atom is 0.220 e. The van der Waals surface area contributed by atoms with Crippen molar-refractivity contribution in [2.75, 3.05) is 6.61 Å². The lowest BCUT2D eigenvalue weighted by molar-refractivity contribution is 0.250.